The highest BCUT2D eigenvalue weighted by Gasteiger charge is 1.99. The summed E-state index contributed by atoms with van der Waals surface area (Å²) in [5.41, 5.74) is 8.83. The monoisotopic (exact) mass is 208 g/mol. The van der Waals surface area contributed by atoms with Crippen LogP contribution in [0.3, 0.4) is 0 Å². The fourth-order valence-electron chi connectivity index (χ4n) is 1.13. The first-order chi connectivity index (χ1) is 6.69. The average molecular weight is 208 g/mol. The van der Waals surface area contributed by atoms with Gasteiger partial charge in [-0.15, -0.1) is 12.6 Å². The Bertz CT molecular complexity index is 328. The van der Waals surface area contributed by atoms with E-state index in [9.17, 15) is 0 Å². The van der Waals surface area contributed by atoms with Crippen molar-refractivity contribution in [1.82, 2.24) is 5.32 Å². The van der Waals surface area contributed by atoms with Crippen LogP contribution < -0.4 is 11.1 Å². The number of hydrogen-bond acceptors (Lipinski definition) is 3. The summed E-state index contributed by atoms with van der Waals surface area (Å²) in [6.07, 6.45) is 0. The molecule has 1 aromatic rings. The number of nitrogens with two attached hydrogens (primary N) is 1. The van der Waals surface area contributed by atoms with Crippen molar-refractivity contribution in [2.75, 3.05) is 7.05 Å². The summed E-state index contributed by atoms with van der Waals surface area (Å²) in [7, 11) is 1.89. The van der Waals surface area contributed by atoms with Crippen molar-refractivity contribution in [3.63, 3.8) is 0 Å². The molecule has 0 aliphatic rings. The minimum Gasteiger partial charge on any atom is -0.391 e. The lowest BCUT2D eigenvalue weighted by molar-refractivity contribution is 1.000. The Morgan fingerprint density at radius 1 is 1.36 bits per heavy atom. The predicted octanol–water partition coefficient (Wildman–Crippen LogP) is 1.98. The van der Waals surface area contributed by atoms with Gasteiger partial charge in [0.05, 0.1) is 0 Å². The molecule has 3 N–H and O–H groups in total. The highest BCUT2D eigenvalue weighted by molar-refractivity contribution is 7.90. The SMILES string of the molecule is CN/C(C)=C(\S)c1ccc(CN)cc1. The molecule has 0 aliphatic heterocycles. The van der Waals surface area contributed by atoms with E-state index in [2.05, 4.69) is 17.9 Å². The van der Waals surface area contributed by atoms with Gasteiger partial charge in [-0.05, 0) is 18.1 Å². The summed E-state index contributed by atoms with van der Waals surface area (Å²) in [5.74, 6) is 0. The number of benzene rings is 1. The van der Waals surface area contributed by atoms with Gasteiger partial charge in [-0.1, -0.05) is 24.3 Å². The van der Waals surface area contributed by atoms with Crippen LogP contribution in [0, 0.1) is 0 Å². The molecule has 0 bridgehead atoms. The number of thiol groups is 1. The minimum absolute atomic E-state index is 0.580. The molecule has 14 heavy (non-hydrogen) atoms. The Labute approximate surface area is 90.6 Å². The van der Waals surface area contributed by atoms with Crippen LogP contribution in [0.1, 0.15) is 18.1 Å². The number of allylic oxidation sites excluding steroid dienone is 1. The lowest BCUT2D eigenvalue weighted by Crippen LogP contribution is -2.03. The van der Waals surface area contributed by atoms with Gasteiger partial charge in [-0.2, -0.15) is 0 Å². The zero-order chi connectivity index (χ0) is 10.6. The van der Waals surface area contributed by atoms with Crippen molar-refractivity contribution < 1.29 is 0 Å². The van der Waals surface area contributed by atoms with Crippen molar-refractivity contribution in [3.8, 4) is 0 Å². The zero-order valence-corrected chi connectivity index (χ0v) is 9.44. The Morgan fingerprint density at radius 3 is 2.36 bits per heavy atom. The maximum absolute atomic E-state index is 5.52. The molecule has 0 aliphatic carbocycles. The molecular formula is C11H16N2S. The maximum atomic E-state index is 5.52. The molecule has 76 valence electrons. The van der Waals surface area contributed by atoms with Crippen LogP contribution in [0.4, 0.5) is 0 Å². The van der Waals surface area contributed by atoms with Gasteiger partial charge < -0.3 is 11.1 Å². The van der Waals surface area contributed by atoms with E-state index in [0.29, 0.717) is 6.54 Å². The molecule has 0 heterocycles. The number of hydrogen-bond donors (Lipinski definition) is 3. The Kier molecular flexibility index (Phi) is 4.04. The van der Waals surface area contributed by atoms with Gasteiger partial charge in [-0.3, -0.25) is 0 Å². The fraction of sp³-hybridized carbons (Fsp3) is 0.273. The van der Waals surface area contributed by atoms with E-state index in [1.54, 1.807) is 0 Å². The van der Waals surface area contributed by atoms with Crippen LogP contribution in [0.2, 0.25) is 0 Å². The quantitative estimate of drug-likeness (QED) is 0.665. The summed E-state index contributed by atoms with van der Waals surface area (Å²) in [4.78, 5) is 0.969. The smallest absolute Gasteiger partial charge is 0.0300 e. The molecule has 0 amide bonds. The topological polar surface area (TPSA) is 38.0 Å². The summed E-state index contributed by atoms with van der Waals surface area (Å²) in [6.45, 7) is 2.58. The summed E-state index contributed by atoms with van der Waals surface area (Å²) in [5, 5.41) is 3.07. The number of nitrogens with one attached hydrogen (secondary N) is 1. The largest absolute Gasteiger partial charge is 0.391 e. The lowest BCUT2D eigenvalue weighted by atomic mass is 10.1. The van der Waals surface area contributed by atoms with E-state index in [4.69, 9.17) is 5.73 Å². The molecule has 1 rings (SSSR count). The minimum atomic E-state index is 0.580. The van der Waals surface area contributed by atoms with Gasteiger partial charge in [0.2, 0.25) is 0 Å². The summed E-state index contributed by atoms with van der Waals surface area (Å²) >= 11 is 4.44. The Morgan fingerprint density at radius 2 is 1.93 bits per heavy atom. The summed E-state index contributed by atoms with van der Waals surface area (Å²) in [6, 6.07) is 8.11. The van der Waals surface area contributed by atoms with Gasteiger partial charge in [0, 0.05) is 24.2 Å². The second-order valence-electron chi connectivity index (χ2n) is 3.12. The molecule has 1 aromatic carbocycles. The molecule has 0 spiro atoms. The Balaban J connectivity index is 2.98. The van der Waals surface area contributed by atoms with E-state index in [1.165, 1.54) is 0 Å². The van der Waals surface area contributed by atoms with Crippen molar-refractivity contribution in [2.45, 2.75) is 13.5 Å². The van der Waals surface area contributed by atoms with E-state index in [1.807, 2.05) is 38.2 Å². The maximum Gasteiger partial charge on any atom is 0.0300 e. The van der Waals surface area contributed by atoms with Gasteiger partial charge in [-0.25, -0.2) is 0 Å². The first kappa shape index (κ1) is 11.1. The van der Waals surface area contributed by atoms with Gasteiger partial charge in [0.25, 0.3) is 0 Å². The van der Waals surface area contributed by atoms with Crippen LogP contribution in [0.25, 0.3) is 4.91 Å². The molecule has 0 atom stereocenters. The molecule has 2 nitrogen and oxygen atoms in total. The third-order valence-corrected chi connectivity index (χ3v) is 2.79. The van der Waals surface area contributed by atoms with Crippen molar-refractivity contribution >= 4 is 17.5 Å². The lowest BCUT2D eigenvalue weighted by Gasteiger charge is -2.07. The first-order valence-electron chi connectivity index (χ1n) is 4.56. The highest BCUT2D eigenvalue weighted by Crippen LogP contribution is 2.21. The third-order valence-electron chi connectivity index (χ3n) is 2.19. The average Bonchev–Trinajstić information content (AvgIpc) is 2.27. The van der Waals surface area contributed by atoms with Gasteiger partial charge in [0.1, 0.15) is 0 Å². The second-order valence-corrected chi connectivity index (χ2v) is 3.57. The molecule has 3 heteroatoms. The summed E-state index contributed by atoms with van der Waals surface area (Å²) < 4.78 is 0. The standard InChI is InChI=1S/C11H16N2S/c1-8(13-2)11(14)10-5-3-9(7-12)4-6-10/h3-6,13-14H,7,12H2,1-2H3/b11-8-. The van der Waals surface area contributed by atoms with Crippen molar-refractivity contribution in [3.05, 3.63) is 41.1 Å². The van der Waals surface area contributed by atoms with E-state index in [-0.39, 0.29) is 0 Å². The van der Waals surface area contributed by atoms with E-state index >= 15 is 0 Å². The van der Waals surface area contributed by atoms with Gasteiger partial charge in [0.15, 0.2) is 0 Å². The van der Waals surface area contributed by atoms with Crippen molar-refractivity contribution in [2.24, 2.45) is 5.73 Å². The van der Waals surface area contributed by atoms with Crippen LogP contribution in [-0.4, -0.2) is 7.05 Å². The van der Waals surface area contributed by atoms with Crippen LogP contribution in [-0.2, 0) is 6.54 Å². The van der Waals surface area contributed by atoms with Crippen molar-refractivity contribution in [1.29, 1.82) is 0 Å². The van der Waals surface area contributed by atoms with Crippen LogP contribution in [0.5, 0.6) is 0 Å². The van der Waals surface area contributed by atoms with Gasteiger partial charge >= 0.3 is 0 Å². The van der Waals surface area contributed by atoms with Crippen LogP contribution in [0.15, 0.2) is 30.0 Å². The number of rotatable bonds is 3. The normalized spacial score (nSPS) is 12.3. The molecule has 0 saturated carbocycles. The molecule has 0 unspecified atom stereocenters. The zero-order valence-electron chi connectivity index (χ0n) is 8.54. The second kappa shape index (κ2) is 5.08. The molecule has 0 fully saturated rings. The van der Waals surface area contributed by atoms with E-state index in [0.717, 1.165) is 21.7 Å². The molecule has 0 radical (unpaired) electrons. The molecular weight excluding hydrogens is 192 g/mol. The Hall–Kier alpha value is -0.930. The van der Waals surface area contributed by atoms with Crippen LogP contribution >= 0.6 is 12.6 Å². The highest BCUT2D eigenvalue weighted by atomic mass is 32.1. The predicted molar refractivity (Wildman–Crippen MR) is 65.0 cm³/mol. The fourth-order valence-corrected chi connectivity index (χ4v) is 1.39. The molecule has 0 aromatic heterocycles. The first-order valence-corrected chi connectivity index (χ1v) is 5.00. The third kappa shape index (κ3) is 2.53. The van der Waals surface area contributed by atoms with E-state index < -0.39 is 0 Å². The molecule has 0 saturated heterocycles.